The van der Waals surface area contributed by atoms with Crippen molar-refractivity contribution in [1.82, 2.24) is 4.98 Å². The molecule has 0 bridgehead atoms. The fourth-order valence-electron chi connectivity index (χ4n) is 2.62. The van der Waals surface area contributed by atoms with Gasteiger partial charge < -0.3 is 11.1 Å². The topological polar surface area (TPSA) is 85.1 Å². The summed E-state index contributed by atoms with van der Waals surface area (Å²) in [7, 11) is -2.89. The van der Waals surface area contributed by atoms with Gasteiger partial charge in [-0.25, -0.2) is 8.42 Å². The number of hydrogen-bond acceptors (Lipinski definition) is 5. The van der Waals surface area contributed by atoms with Crippen LogP contribution in [0.25, 0.3) is 10.9 Å². The predicted molar refractivity (Wildman–Crippen MR) is 81.6 cm³/mol. The lowest BCUT2D eigenvalue weighted by atomic mass is 10.1. The number of nitrogens with two attached hydrogens (primary N) is 1. The third kappa shape index (κ3) is 2.56. The smallest absolute Gasteiger partial charge is 0.152 e. The van der Waals surface area contributed by atoms with Crippen molar-refractivity contribution in [3.05, 3.63) is 30.0 Å². The highest BCUT2D eigenvalue weighted by atomic mass is 32.2. The molecule has 1 atom stereocenters. The quantitative estimate of drug-likeness (QED) is 0.823. The highest BCUT2D eigenvalue weighted by molar-refractivity contribution is 7.91. The lowest BCUT2D eigenvalue weighted by Gasteiger charge is -2.15. The number of aromatic nitrogens is 1. The van der Waals surface area contributed by atoms with Crippen LogP contribution in [-0.2, 0) is 9.84 Å². The van der Waals surface area contributed by atoms with E-state index >= 15 is 0 Å². The van der Waals surface area contributed by atoms with E-state index < -0.39 is 9.84 Å². The molecule has 1 aromatic carbocycles. The van der Waals surface area contributed by atoms with E-state index in [0.717, 1.165) is 22.3 Å². The zero-order chi connectivity index (χ0) is 14.3. The highest BCUT2D eigenvalue weighted by Gasteiger charge is 2.28. The summed E-state index contributed by atoms with van der Waals surface area (Å²) in [4.78, 5) is 4.47. The maximum Gasteiger partial charge on any atom is 0.152 e. The number of aryl methyl sites for hydroxylation is 1. The van der Waals surface area contributed by atoms with Crippen LogP contribution in [0.3, 0.4) is 0 Å². The summed E-state index contributed by atoms with van der Waals surface area (Å²) in [6.07, 6.45) is 0.646. The standard InChI is InChI=1S/C14H17N3O2S/c1-9-6-14(17-11-4-5-20(18,19)8-11)12-7-10(15)2-3-13(12)16-9/h2-3,6-7,11H,4-5,8,15H2,1H3,(H,16,17). The fraction of sp³-hybridized carbons (Fsp3) is 0.357. The molecule has 0 aliphatic carbocycles. The van der Waals surface area contributed by atoms with Crippen molar-refractivity contribution >= 4 is 32.1 Å². The summed E-state index contributed by atoms with van der Waals surface area (Å²) in [5, 5.41) is 4.26. The Bertz CT molecular complexity index is 771. The first-order chi connectivity index (χ1) is 9.43. The molecule has 0 radical (unpaired) electrons. The minimum atomic E-state index is -2.89. The molecule has 1 unspecified atom stereocenters. The van der Waals surface area contributed by atoms with Gasteiger partial charge in [-0.05, 0) is 37.6 Å². The average molecular weight is 291 g/mol. The third-order valence-corrected chi connectivity index (χ3v) is 5.32. The van der Waals surface area contributed by atoms with E-state index in [1.54, 1.807) is 0 Å². The van der Waals surface area contributed by atoms with Crippen molar-refractivity contribution in [2.75, 3.05) is 22.6 Å². The Morgan fingerprint density at radius 2 is 2.15 bits per heavy atom. The number of hydrogen-bond donors (Lipinski definition) is 2. The van der Waals surface area contributed by atoms with Crippen LogP contribution in [0.5, 0.6) is 0 Å². The van der Waals surface area contributed by atoms with E-state index in [1.807, 2.05) is 31.2 Å². The number of rotatable bonds is 2. The largest absolute Gasteiger partial charge is 0.399 e. The second-order valence-corrected chi connectivity index (χ2v) is 7.56. The summed E-state index contributed by atoms with van der Waals surface area (Å²) >= 11 is 0. The van der Waals surface area contributed by atoms with E-state index in [0.29, 0.717) is 12.1 Å². The molecule has 6 heteroatoms. The summed E-state index contributed by atoms with van der Waals surface area (Å²) in [5.41, 5.74) is 9.16. The van der Waals surface area contributed by atoms with Crippen LogP contribution < -0.4 is 11.1 Å². The third-order valence-electron chi connectivity index (χ3n) is 3.55. The van der Waals surface area contributed by atoms with Crippen LogP contribution >= 0.6 is 0 Å². The number of fused-ring (bicyclic) bond motifs is 1. The van der Waals surface area contributed by atoms with Gasteiger partial charge in [0.1, 0.15) is 0 Å². The normalized spacial score (nSPS) is 21.1. The van der Waals surface area contributed by atoms with Gasteiger partial charge in [0, 0.05) is 28.5 Å². The summed E-state index contributed by atoms with van der Waals surface area (Å²) in [5.74, 6) is 0.451. The Balaban J connectivity index is 2.00. The average Bonchev–Trinajstić information content (AvgIpc) is 2.69. The molecule has 1 aliphatic rings. The SMILES string of the molecule is Cc1cc(NC2CCS(=O)(=O)C2)c2cc(N)ccc2n1. The van der Waals surface area contributed by atoms with Crippen molar-refractivity contribution in [2.24, 2.45) is 0 Å². The Kier molecular flexibility index (Phi) is 3.05. The zero-order valence-corrected chi connectivity index (χ0v) is 12.1. The lowest BCUT2D eigenvalue weighted by Crippen LogP contribution is -2.20. The Morgan fingerprint density at radius 1 is 1.35 bits per heavy atom. The van der Waals surface area contributed by atoms with E-state index in [1.165, 1.54) is 0 Å². The minimum absolute atomic E-state index is 0.0357. The van der Waals surface area contributed by atoms with E-state index in [-0.39, 0.29) is 17.5 Å². The fourth-order valence-corrected chi connectivity index (χ4v) is 4.30. The van der Waals surface area contributed by atoms with Gasteiger partial charge in [0.05, 0.1) is 17.0 Å². The van der Waals surface area contributed by atoms with Gasteiger partial charge in [0.15, 0.2) is 9.84 Å². The van der Waals surface area contributed by atoms with Gasteiger partial charge in [0.25, 0.3) is 0 Å². The molecule has 3 rings (SSSR count). The van der Waals surface area contributed by atoms with Crippen LogP contribution in [-0.4, -0.2) is 30.9 Å². The number of nitrogen functional groups attached to an aromatic ring is 1. The van der Waals surface area contributed by atoms with Crippen LogP contribution in [0.15, 0.2) is 24.3 Å². The molecular formula is C14H17N3O2S. The first-order valence-electron chi connectivity index (χ1n) is 6.57. The Labute approximate surface area is 118 Å². The van der Waals surface area contributed by atoms with Crippen LogP contribution in [0.1, 0.15) is 12.1 Å². The number of anilines is 2. The molecule has 1 aromatic heterocycles. The monoisotopic (exact) mass is 291 g/mol. The Hall–Kier alpha value is -1.82. The number of nitrogens with one attached hydrogen (secondary N) is 1. The maximum atomic E-state index is 11.5. The summed E-state index contributed by atoms with van der Waals surface area (Å²) in [6.45, 7) is 1.92. The summed E-state index contributed by atoms with van der Waals surface area (Å²) in [6, 6.07) is 7.47. The molecule has 5 nitrogen and oxygen atoms in total. The van der Waals surface area contributed by atoms with Gasteiger partial charge in [-0.3, -0.25) is 4.98 Å². The molecule has 0 spiro atoms. The molecule has 0 amide bonds. The molecular weight excluding hydrogens is 274 g/mol. The summed E-state index contributed by atoms with van der Waals surface area (Å²) < 4.78 is 23.1. The minimum Gasteiger partial charge on any atom is -0.399 e. The van der Waals surface area contributed by atoms with Gasteiger partial charge in [-0.2, -0.15) is 0 Å². The van der Waals surface area contributed by atoms with Crippen molar-refractivity contribution in [3.63, 3.8) is 0 Å². The zero-order valence-electron chi connectivity index (χ0n) is 11.3. The number of benzene rings is 1. The van der Waals surface area contributed by atoms with Crippen molar-refractivity contribution < 1.29 is 8.42 Å². The molecule has 1 aliphatic heterocycles. The lowest BCUT2D eigenvalue weighted by molar-refractivity contribution is 0.602. The predicted octanol–water partition coefficient (Wildman–Crippen LogP) is 1.72. The van der Waals surface area contributed by atoms with Crippen molar-refractivity contribution in [1.29, 1.82) is 0 Å². The molecule has 3 N–H and O–H groups in total. The Morgan fingerprint density at radius 3 is 2.85 bits per heavy atom. The second-order valence-electron chi connectivity index (χ2n) is 5.33. The van der Waals surface area contributed by atoms with Crippen molar-refractivity contribution in [3.8, 4) is 0 Å². The van der Waals surface area contributed by atoms with Crippen molar-refractivity contribution in [2.45, 2.75) is 19.4 Å². The molecule has 1 fully saturated rings. The second kappa shape index (κ2) is 4.63. The number of sulfone groups is 1. The van der Waals surface area contributed by atoms with E-state index in [4.69, 9.17) is 5.73 Å². The molecule has 1 saturated heterocycles. The van der Waals surface area contributed by atoms with Crippen LogP contribution in [0.2, 0.25) is 0 Å². The van der Waals surface area contributed by atoms with E-state index in [9.17, 15) is 8.42 Å². The van der Waals surface area contributed by atoms with Gasteiger partial charge >= 0.3 is 0 Å². The number of pyridine rings is 1. The highest BCUT2D eigenvalue weighted by Crippen LogP contribution is 2.27. The molecule has 2 heterocycles. The molecule has 106 valence electrons. The molecule has 2 aromatic rings. The molecule has 20 heavy (non-hydrogen) atoms. The first kappa shape index (κ1) is 13.2. The first-order valence-corrected chi connectivity index (χ1v) is 8.39. The van der Waals surface area contributed by atoms with Crippen LogP contribution in [0, 0.1) is 6.92 Å². The number of nitrogens with zero attached hydrogens (tertiary/aromatic N) is 1. The van der Waals surface area contributed by atoms with Crippen LogP contribution in [0.4, 0.5) is 11.4 Å². The molecule has 0 saturated carbocycles. The van der Waals surface area contributed by atoms with E-state index in [2.05, 4.69) is 10.3 Å². The maximum absolute atomic E-state index is 11.5. The van der Waals surface area contributed by atoms with Gasteiger partial charge in [-0.15, -0.1) is 0 Å². The van der Waals surface area contributed by atoms with Gasteiger partial charge in [-0.1, -0.05) is 0 Å². The van der Waals surface area contributed by atoms with Gasteiger partial charge in [0.2, 0.25) is 0 Å².